The van der Waals surface area contributed by atoms with Gasteiger partial charge in [-0.3, -0.25) is 9.80 Å². The average molecular weight is 407 g/mol. The number of halogens is 1. The van der Waals surface area contributed by atoms with Gasteiger partial charge in [0.05, 0.1) is 6.61 Å². The van der Waals surface area contributed by atoms with Crippen molar-refractivity contribution in [1.82, 2.24) is 10.4 Å². The van der Waals surface area contributed by atoms with Crippen LogP contribution < -0.4 is 10.7 Å². The van der Waals surface area contributed by atoms with Gasteiger partial charge in [0.15, 0.2) is 0 Å². The quantitative estimate of drug-likeness (QED) is 0.582. The molecule has 0 spiro atoms. The molecule has 3 rings (SSSR count). The molecule has 2 unspecified atom stereocenters. The second-order valence-corrected chi connectivity index (χ2v) is 7.54. The molecule has 156 valence electrons. The SMILES string of the molecule is COCC(C)C#Cc1ccc(-c2ccccc2NC(=O)C2(C)C=C(F)N(C)N2)cc1. The molecule has 0 aromatic heterocycles. The van der Waals surface area contributed by atoms with Gasteiger partial charge in [-0.2, -0.15) is 4.39 Å². The van der Waals surface area contributed by atoms with Crippen molar-refractivity contribution in [3.8, 4) is 23.0 Å². The number of methoxy groups -OCH3 is 1. The first-order valence-corrected chi connectivity index (χ1v) is 9.73. The monoisotopic (exact) mass is 407 g/mol. The van der Waals surface area contributed by atoms with Crippen molar-refractivity contribution in [1.29, 1.82) is 0 Å². The van der Waals surface area contributed by atoms with Gasteiger partial charge >= 0.3 is 0 Å². The molecule has 0 fully saturated rings. The van der Waals surface area contributed by atoms with Crippen LogP contribution in [0.15, 0.2) is 60.6 Å². The van der Waals surface area contributed by atoms with E-state index in [9.17, 15) is 9.18 Å². The molecule has 2 atom stereocenters. The molecule has 1 aliphatic heterocycles. The maximum Gasteiger partial charge on any atom is 0.250 e. The molecule has 2 N–H and O–H groups in total. The third-order valence-corrected chi connectivity index (χ3v) is 4.85. The molecule has 0 saturated carbocycles. The summed E-state index contributed by atoms with van der Waals surface area (Å²) in [6, 6.07) is 15.4. The Kier molecular flexibility index (Phi) is 6.56. The molecule has 2 aromatic rings. The number of hydrazine groups is 1. The van der Waals surface area contributed by atoms with E-state index in [1.54, 1.807) is 14.0 Å². The Hall–Kier alpha value is -3.14. The van der Waals surface area contributed by atoms with Gasteiger partial charge in [-0.25, -0.2) is 5.43 Å². The summed E-state index contributed by atoms with van der Waals surface area (Å²) in [7, 11) is 3.19. The summed E-state index contributed by atoms with van der Waals surface area (Å²) in [6.07, 6.45) is 1.27. The third kappa shape index (κ3) is 4.88. The summed E-state index contributed by atoms with van der Waals surface area (Å²) in [5.74, 6) is 5.64. The molecule has 1 aliphatic rings. The Balaban J connectivity index is 1.80. The number of carbonyl (C=O) groups excluding carboxylic acids is 1. The van der Waals surface area contributed by atoms with Crippen molar-refractivity contribution in [2.75, 3.05) is 26.1 Å². The van der Waals surface area contributed by atoms with E-state index < -0.39 is 11.5 Å². The highest BCUT2D eigenvalue weighted by atomic mass is 19.1. The molecule has 30 heavy (non-hydrogen) atoms. The zero-order valence-corrected chi connectivity index (χ0v) is 17.6. The molecule has 0 bridgehead atoms. The summed E-state index contributed by atoms with van der Waals surface area (Å²) in [5.41, 5.74) is 5.05. The Morgan fingerprint density at radius 1 is 1.27 bits per heavy atom. The summed E-state index contributed by atoms with van der Waals surface area (Å²) in [5, 5.41) is 4.11. The third-order valence-electron chi connectivity index (χ3n) is 4.85. The van der Waals surface area contributed by atoms with Crippen molar-refractivity contribution in [3.63, 3.8) is 0 Å². The van der Waals surface area contributed by atoms with Crippen LogP contribution in [-0.4, -0.2) is 37.2 Å². The number of nitrogens with zero attached hydrogens (tertiary/aromatic N) is 1. The molecule has 1 amide bonds. The zero-order valence-electron chi connectivity index (χ0n) is 17.6. The van der Waals surface area contributed by atoms with E-state index in [1.165, 1.54) is 18.1 Å². The Labute approximate surface area is 176 Å². The van der Waals surface area contributed by atoms with Crippen LogP contribution in [-0.2, 0) is 9.53 Å². The van der Waals surface area contributed by atoms with E-state index >= 15 is 0 Å². The van der Waals surface area contributed by atoms with E-state index in [2.05, 4.69) is 22.6 Å². The first-order valence-electron chi connectivity index (χ1n) is 9.73. The second kappa shape index (κ2) is 9.12. The van der Waals surface area contributed by atoms with Gasteiger partial charge in [-0.1, -0.05) is 42.2 Å². The molecular weight excluding hydrogens is 381 g/mol. The van der Waals surface area contributed by atoms with Crippen molar-refractivity contribution in [3.05, 3.63) is 66.1 Å². The molecule has 5 nitrogen and oxygen atoms in total. The molecule has 0 radical (unpaired) electrons. The van der Waals surface area contributed by atoms with E-state index in [-0.39, 0.29) is 11.8 Å². The van der Waals surface area contributed by atoms with E-state index in [0.29, 0.717) is 12.3 Å². The van der Waals surface area contributed by atoms with Crippen molar-refractivity contribution < 1.29 is 13.9 Å². The normalized spacial score (nSPS) is 19.0. The van der Waals surface area contributed by atoms with Gasteiger partial charge in [-0.15, -0.1) is 0 Å². The van der Waals surface area contributed by atoms with Gasteiger partial charge in [0.1, 0.15) is 5.54 Å². The van der Waals surface area contributed by atoms with Crippen molar-refractivity contribution >= 4 is 11.6 Å². The van der Waals surface area contributed by atoms with Gasteiger partial charge < -0.3 is 10.1 Å². The minimum atomic E-state index is -1.16. The number of hydrogen-bond donors (Lipinski definition) is 2. The lowest BCUT2D eigenvalue weighted by atomic mass is 10.00. The lowest BCUT2D eigenvalue weighted by Crippen LogP contribution is -2.51. The van der Waals surface area contributed by atoms with Gasteiger partial charge in [0.2, 0.25) is 11.9 Å². The molecular formula is C24H26FN3O2. The van der Waals surface area contributed by atoms with E-state index in [0.717, 1.165) is 16.7 Å². The highest BCUT2D eigenvalue weighted by molar-refractivity contribution is 6.02. The van der Waals surface area contributed by atoms with Crippen molar-refractivity contribution in [2.24, 2.45) is 5.92 Å². The topological polar surface area (TPSA) is 53.6 Å². The highest BCUT2D eigenvalue weighted by Crippen LogP contribution is 2.30. The second-order valence-electron chi connectivity index (χ2n) is 7.54. The number of benzene rings is 2. The van der Waals surface area contributed by atoms with Crippen LogP contribution in [0.3, 0.4) is 0 Å². The van der Waals surface area contributed by atoms with Gasteiger partial charge in [0.25, 0.3) is 0 Å². The maximum atomic E-state index is 13.8. The molecule has 2 aromatic carbocycles. The van der Waals surface area contributed by atoms with Gasteiger partial charge in [0, 0.05) is 43.0 Å². The number of nitrogens with one attached hydrogen (secondary N) is 2. The molecule has 6 heteroatoms. The average Bonchev–Trinajstić information content (AvgIpc) is 3.00. The summed E-state index contributed by atoms with van der Waals surface area (Å²) < 4.78 is 18.9. The number of ether oxygens (including phenoxy) is 1. The summed E-state index contributed by atoms with van der Waals surface area (Å²) in [6.45, 7) is 4.25. The number of carbonyl (C=O) groups is 1. The first-order chi connectivity index (χ1) is 14.3. The number of rotatable bonds is 5. The Morgan fingerprint density at radius 2 is 1.97 bits per heavy atom. The minimum Gasteiger partial charge on any atom is -0.383 e. The number of hydrogen-bond acceptors (Lipinski definition) is 4. The molecule has 0 aliphatic carbocycles. The minimum absolute atomic E-state index is 0.161. The van der Waals surface area contributed by atoms with Crippen LogP contribution in [0, 0.1) is 17.8 Å². The van der Waals surface area contributed by atoms with Gasteiger partial charge in [-0.05, 0) is 37.6 Å². The van der Waals surface area contributed by atoms with Crippen LogP contribution in [0.25, 0.3) is 11.1 Å². The van der Waals surface area contributed by atoms with Crippen molar-refractivity contribution in [2.45, 2.75) is 19.4 Å². The van der Waals surface area contributed by atoms with Crippen LogP contribution in [0.1, 0.15) is 19.4 Å². The Bertz CT molecular complexity index is 1010. The lowest BCUT2D eigenvalue weighted by Gasteiger charge is -2.24. The standard InChI is InChI=1S/C24H26FN3O2/c1-17(16-30-4)9-10-18-11-13-19(14-12-18)20-7-5-6-8-21(20)26-23(29)24(2)15-22(25)28(3)27-24/h5-8,11-15,17,27H,16H2,1-4H3,(H,26,29). The van der Waals surface area contributed by atoms with Crippen LogP contribution in [0.4, 0.5) is 10.1 Å². The van der Waals surface area contributed by atoms with Crippen LogP contribution in [0.5, 0.6) is 0 Å². The fourth-order valence-corrected chi connectivity index (χ4v) is 3.21. The fourth-order valence-electron chi connectivity index (χ4n) is 3.21. The predicted molar refractivity (Wildman–Crippen MR) is 117 cm³/mol. The van der Waals surface area contributed by atoms with E-state index in [1.807, 2.05) is 55.5 Å². The lowest BCUT2D eigenvalue weighted by molar-refractivity contribution is -0.120. The first kappa shape index (κ1) is 21.6. The number of para-hydroxylation sites is 1. The maximum absolute atomic E-state index is 13.8. The van der Waals surface area contributed by atoms with Crippen LogP contribution >= 0.6 is 0 Å². The summed E-state index contributed by atoms with van der Waals surface area (Å²) >= 11 is 0. The molecule has 0 saturated heterocycles. The van der Waals surface area contributed by atoms with Crippen LogP contribution in [0.2, 0.25) is 0 Å². The summed E-state index contributed by atoms with van der Waals surface area (Å²) in [4.78, 5) is 12.8. The van der Waals surface area contributed by atoms with E-state index in [4.69, 9.17) is 4.74 Å². The predicted octanol–water partition coefficient (Wildman–Crippen LogP) is 3.95. The highest BCUT2D eigenvalue weighted by Gasteiger charge is 2.38. The zero-order chi connectivity index (χ0) is 21.7. The number of anilines is 1. The fraction of sp³-hybridized carbons (Fsp3) is 0.292. The smallest absolute Gasteiger partial charge is 0.250 e. The number of amides is 1. The largest absolute Gasteiger partial charge is 0.383 e. The molecule has 1 heterocycles. The Morgan fingerprint density at radius 3 is 2.60 bits per heavy atom.